The lowest BCUT2D eigenvalue weighted by Crippen LogP contribution is -2.26. The molecule has 0 bridgehead atoms. The highest BCUT2D eigenvalue weighted by molar-refractivity contribution is 5.18. The van der Waals surface area contributed by atoms with Crippen LogP contribution in [0.4, 0.5) is 0 Å². The standard InChI is InChI=1S/C10H20N2/c1-4-6-10(5-2)9-12-8-7-11-3/h4-6,11-12H,7-9H2,1-3H3/b6-4-,10-5+. The second kappa shape index (κ2) is 8.50. The molecule has 0 saturated heterocycles. The minimum absolute atomic E-state index is 0.961. The molecule has 0 atom stereocenters. The van der Waals surface area contributed by atoms with Gasteiger partial charge in [0.2, 0.25) is 0 Å². The molecule has 0 unspecified atom stereocenters. The summed E-state index contributed by atoms with van der Waals surface area (Å²) in [5, 5.41) is 6.43. The quantitative estimate of drug-likeness (QED) is 0.462. The Bertz CT molecular complexity index is 148. The molecule has 2 N–H and O–H groups in total. The highest BCUT2D eigenvalue weighted by atomic mass is 14.9. The van der Waals surface area contributed by atoms with Gasteiger partial charge in [0.05, 0.1) is 0 Å². The number of nitrogens with one attached hydrogen (secondary N) is 2. The number of likely N-dealkylation sites (N-methyl/N-ethyl adjacent to an activating group) is 1. The van der Waals surface area contributed by atoms with Gasteiger partial charge in [-0.1, -0.05) is 18.2 Å². The zero-order chi connectivity index (χ0) is 9.23. The van der Waals surface area contributed by atoms with E-state index in [-0.39, 0.29) is 0 Å². The van der Waals surface area contributed by atoms with Gasteiger partial charge in [-0.3, -0.25) is 0 Å². The van der Waals surface area contributed by atoms with E-state index in [0.717, 1.165) is 19.6 Å². The van der Waals surface area contributed by atoms with Crippen molar-refractivity contribution in [1.29, 1.82) is 0 Å². The fourth-order valence-corrected chi connectivity index (χ4v) is 0.917. The Morgan fingerprint density at radius 3 is 2.50 bits per heavy atom. The van der Waals surface area contributed by atoms with Crippen LogP contribution in [0.3, 0.4) is 0 Å². The smallest absolute Gasteiger partial charge is 0.0202 e. The predicted octanol–water partition coefficient (Wildman–Crippen LogP) is 1.32. The van der Waals surface area contributed by atoms with E-state index in [4.69, 9.17) is 0 Å². The monoisotopic (exact) mass is 168 g/mol. The minimum Gasteiger partial charge on any atom is -0.318 e. The maximum absolute atomic E-state index is 3.34. The molecule has 0 aromatic rings. The van der Waals surface area contributed by atoms with Crippen molar-refractivity contribution < 1.29 is 0 Å². The summed E-state index contributed by atoms with van der Waals surface area (Å²) in [6, 6.07) is 0. The van der Waals surface area contributed by atoms with Crippen molar-refractivity contribution in [2.45, 2.75) is 13.8 Å². The molecule has 2 heteroatoms. The van der Waals surface area contributed by atoms with Crippen molar-refractivity contribution >= 4 is 0 Å². The second-order valence-corrected chi connectivity index (χ2v) is 2.64. The molecule has 70 valence electrons. The van der Waals surface area contributed by atoms with Gasteiger partial charge < -0.3 is 10.6 Å². The van der Waals surface area contributed by atoms with Gasteiger partial charge >= 0.3 is 0 Å². The van der Waals surface area contributed by atoms with E-state index in [1.165, 1.54) is 5.57 Å². The van der Waals surface area contributed by atoms with Gasteiger partial charge in [-0.25, -0.2) is 0 Å². The molecule has 0 aliphatic carbocycles. The van der Waals surface area contributed by atoms with Crippen molar-refractivity contribution in [1.82, 2.24) is 10.6 Å². The first-order valence-corrected chi connectivity index (χ1v) is 4.48. The van der Waals surface area contributed by atoms with Crippen molar-refractivity contribution in [3.05, 3.63) is 23.8 Å². The molecule has 0 heterocycles. The lowest BCUT2D eigenvalue weighted by atomic mass is 10.2. The summed E-state index contributed by atoms with van der Waals surface area (Å²) >= 11 is 0. The van der Waals surface area contributed by atoms with Gasteiger partial charge in [-0.2, -0.15) is 0 Å². The number of hydrogen-bond acceptors (Lipinski definition) is 2. The van der Waals surface area contributed by atoms with Crippen LogP contribution in [-0.2, 0) is 0 Å². The topological polar surface area (TPSA) is 24.1 Å². The molecule has 12 heavy (non-hydrogen) atoms. The maximum atomic E-state index is 3.34. The van der Waals surface area contributed by atoms with Crippen LogP contribution in [0, 0.1) is 0 Å². The van der Waals surface area contributed by atoms with Gasteiger partial charge in [0.1, 0.15) is 0 Å². The Morgan fingerprint density at radius 1 is 1.25 bits per heavy atom. The fraction of sp³-hybridized carbons (Fsp3) is 0.600. The Hall–Kier alpha value is -0.600. The third-order valence-electron chi connectivity index (χ3n) is 1.63. The summed E-state index contributed by atoms with van der Waals surface area (Å²) < 4.78 is 0. The summed E-state index contributed by atoms with van der Waals surface area (Å²) in [6.07, 6.45) is 6.33. The van der Waals surface area contributed by atoms with Gasteiger partial charge in [0.15, 0.2) is 0 Å². The van der Waals surface area contributed by atoms with Crippen molar-refractivity contribution in [2.75, 3.05) is 26.7 Å². The average molecular weight is 168 g/mol. The van der Waals surface area contributed by atoms with Crippen LogP contribution in [0.15, 0.2) is 23.8 Å². The third-order valence-corrected chi connectivity index (χ3v) is 1.63. The van der Waals surface area contributed by atoms with E-state index in [2.05, 4.69) is 35.8 Å². The summed E-state index contributed by atoms with van der Waals surface area (Å²) in [5.41, 5.74) is 1.34. The van der Waals surface area contributed by atoms with Gasteiger partial charge in [-0.15, -0.1) is 0 Å². The van der Waals surface area contributed by atoms with Crippen molar-refractivity contribution in [2.24, 2.45) is 0 Å². The third kappa shape index (κ3) is 6.13. The highest BCUT2D eigenvalue weighted by Crippen LogP contribution is 1.93. The number of allylic oxidation sites excluding steroid dienone is 2. The van der Waals surface area contributed by atoms with Gasteiger partial charge in [0, 0.05) is 19.6 Å². The van der Waals surface area contributed by atoms with Crippen molar-refractivity contribution in [3.63, 3.8) is 0 Å². The predicted molar refractivity (Wildman–Crippen MR) is 55.4 cm³/mol. The maximum Gasteiger partial charge on any atom is 0.0202 e. The molecule has 0 saturated carbocycles. The molecule has 0 fully saturated rings. The highest BCUT2D eigenvalue weighted by Gasteiger charge is 1.88. The van der Waals surface area contributed by atoms with Crippen LogP contribution in [0.25, 0.3) is 0 Å². The molecule has 0 radical (unpaired) electrons. The minimum atomic E-state index is 0.961. The molecule has 0 amide bonds. The van der Waals surface area contributed by atoms with Crippen LogP contribution in [0.1, 0.15) is 13.8 Å². The van der Waals surface area contributed by atoms with Gasteiger partial charge in [0.25, 0.3) is 0 Å². The lowest BCUT2D eigenvalue weighted by molar-refractivity contribution is 0.683. The van der Waals surface area contributed by atoms with Gasteiger partial charge in [-0.05, 0) is 26.5 Å². The van der Waals surface area contributed by atoms with E-state index in [0.29, 0.717) is 0 Å². The summed E-state index contributed by atoms with van der Waals surface area (Å²) in [7, 11) is 1.96. The van der Waals surface area contributed by atoms with E-state index >= 15 is 0 Å². The Kier molecular flexibility index (Phi) is 8.07. The molecular weight excluding hydrogens is 148 g/mol. The number of hydrogen-bond donors (Lipinski definition) is 2. The normalized spacial score (nSPS) is 12.8. The zero-order valence-electron chi connectivity index (χ0n) is 8.35. The molecular formula is C10H20N2. The second-order valence-electron chi connectivity index (χ2n) is 2.64. The Morgan fingerprint density at radius 2 is 2.00 bits per heavy atom. The van der Waals surface area contributed by atoms with E-state index < -0.39 is 0 Å². The molecule has 0 rings (SSSR count). The zero-order valence-corrected chi connectivity index (χ0v) is 8.35. The average Bonchev–Trinajstić information content (AvgIpc) is 2.10. The van der Waals surface area contributed by atoms with Crippen molar-refractivity contribution in [3.8, 4) is 0 Å². The number of rotatable bonds is 6. The van der Waals surface area contributed by atoms with Crippen LogP contribution in [0.5, 0.6) is 0 Å². The summed E-state index contributed by atoms with van der Waals surface area (Å²) in [4.78, 5) is 0. The molecule has 0 aliphatic heterocycles. The summed E-state index contributed by atoms with van der Waals surface area (Å²) in [6.45, 7) is 7.10. The van der Waals surface area contributed by atoms with Crippen LogP contribution in [-0.4, -0.2) is 26.7 Å². The first-order valence-electron chi connectivity index (χ1n) is 4.48. The molecule has 0 aromatic heterocycles. The first-order chi connectivity index (χ1) is 5.85. The molecule has 0 aliphatic rings. The van der Waals surface area contributed by atoms with Crippen LogP contribution < -0.4 is 10.6 Å². The first kappa shape index (κ1) is 11.4. The lowest BCUT2D eigenvalue weighted by Gasteiger charge is -2.04. The van der Waals surface area contributed by atoms with Crippen LogP contribution >= 0.6 is 0 Å². The Labute approximate surface area is 75.7 Å². The van der Waals surface area contributed by atoms with Crippen LogP contribution in [0.2, 0.25) is 0 Å². The molecule has 0 aromatic carbocycles. The molecule has 2 nitrogen and oxygen atoms in total. The van der Waals surface area contributed by atoms with E-state index in [9.17, 15) is 0 Å². The summed E-state index contributed by atoms with van der Waals surface area (Å²) in [5.74, 6) is 0. The Balaban J connectivity index is 3.46. The largest absolute Gasteiger partial charge is 0.318 e. The van der Waals surface area contributed by atoms with E-state index in [1.807, 2.05) is 14.0 Å². The fourth-order valence-electron chi connectivity index (χ4n) is 0.917. The van der Waals surface area contributed by atoms with E-state index in [1.54, 1.807) is 0 Å². The molecule has 0 spiro atoms. The SMILES string of the molecule is C/C=C\C(=C/C)CNCCNC.